The molecule has 1 amide bonds. The number of carbonyl (C=O) groups excluding carboxylic acids is 1. The molecule has 0 unspecified atom stereocenters. The molecule has 0 aliphatic heterocycles. The van der Waals surface area contributed by atoms with Gasteiger partial charge in [-0.25, -0.2) is 0 Å². The van der Waals surface area contributed by atoms with Crippen molar-refractivity contribution < 1.29 is 14.3 Å². The van der Waals surface area contributed by atoms with Gasteiger partial charge in [-0.1, -0.05) is 11.6 Å². The van der Waals surface area contributed by atoms with Gasteiger partial charge >= 0.3 is 0 Å². The minimum Gasteiger partial charge on any atom is -0.496 e. The number of rotatable bonds is 5. The van der Waals surface area contributed by atoms with Crippen molar-refractivity contribution in [2.24, 2.45) is 4.99 Å². The molecular weight excluding hydrogens is 336 g/mol. The summed E-state index contributed by atoms with van der Waals surface area (Å²) < 4.78 is 12.3. The second kappa shape index (κ2) is 7.77. The molecule has 0 fully saturated rings. The minimum atomic E-state index is -0.378. The molecule has 2 aromatic rings. The fourth-order valence-corrected chi connectivity index (χ4v) is 3.29. The van der Waals surface area contributed by atoms with E-state index in [1.54, 1.807) is 25.3 Å². The van der Waals surface area contributed by atoms with Crippen LogP contribution in [0.25, 0.3) is 0 Å². The quantitative estimate of drug-likeness (QED) is 0.828. The molecule has 23 heavy (non-hydrogen) atoms. The Morgan fingerprint density at radius 3 is 2.74 bits per heavy atom. The van der Waals surface area contributed by atoms with E-state index in [2.05, 4.69) is 4.99 Å². The number of nitrogens with zero attached hydrogens (tertiary/aromatic N) is 2. The van der Waals surface area contributed by atoms with Crippen LogP contribution in [-0.2, 0) is 11.3 Å². The summed E-state index contributed by atoms with van der Waals surface area (Å²) in [6, 6.07) is 4.91. The second-order valence-electron chi connectivity index (χ2n) is 4.93. The van der Waals surface area contributed by atoms with E-state index in [0.29, 0.717) is 34.3 Å². The topological polar surface area (TPSA) is 52.8 Å². The van der Waals surface area contributed by atoms with Crippen molar-refractivity contribution in [3.05, 3.63) is 44.2 Å². The third kappa shape index (κ3) is 4.02. The van der Waals surface area contributed by atoms with Crippen LogP contribution in [0.2, 0.25) is 5.02 Å². The summed E-state index contributed by atoms with van der Waals surface area (Å²) in [5.74, 6) is 0.0772. The molecule has 0 aliphatic rings. The molecule has 0 N–H and O–H groups in total. The van der Waals surface area contributed by atoms with Crippen molar-refractivity contribution in [3.8, 4) is 5.75 Å². The lowest BCUT2D eigenvalue weighted by Crippen LogP contribution is -2.20. The largest absolute Gasteiger partial charge is 0.496 e. The molecule has 0 atom stereocenters. The number of hydrogen-bond donors (Lipinski definition) is 0. The van der Waals surface area contributed by atoms with Crippen LogP contribution >= 0.6 is 22.9 Å². The molecule has 0 saturated heterocycles. The molecule has 0 spiro atoms. The minimum absolute atomic E-state index is 0.349. The van der Waals surface area contributed by atoms with Gasteiger partial charge in [-0.3, -0.25) is 4.79 Å². The number of amides is 1. The van der Waals surface area contributed by atoms with Crippen LogP contribution < -0.4 is 9.54 Å². The van der Waals surface area contributed by atoms with E-state index in [-0.39, 0.29) is 5.91 Å². The van der Waals surface area contributed by atoms with Gasteiger partial charge in [0.2, 0.25) is 0 Å². The summed E-state index contributed by atoms with van der Waals surface area (Å²) >= 11 is 7.46. The van der Waals surface area contributed by atoms with Gasteiger partial charge in [0.05, 0.1) is 19.3 Å². The van der Waals surface area contributed by atoms with E-state index in [1.165, 1.54) is 18.4 Å². The van der Waals surface area contributed by atoms with Crippen LogP contribution in [0.3, 0.4) is 0 Å². The fourth-order valence-electron chi connectivity index (χ4n) is 2.12. The van der Waals surface area contributed by atoms with Crippen molar-refractivity contribution in [3.63, 3.8) is 0 Å². The number of aromatic nitrogens is 1. The normalized spacial score (nSPS) is 11.8. The zero-order valence-electron chi connectivity index (χ0n) is 13.6. The molecule has 0 aliphatic carbocycles. The Morgan fingerprint density at radius 1 is 1.35 bits per heavy atom. The molecule has 124 valence electrons. The van der Waals surface area contributed by atoms with Crippen molar-refractivity contribution in [2.75, 3.05) is 20.8 Å². The molecular formula is C16H19ClN2O3S. The number of aryl methyl sites for hydroxylation is 1. The summed E-state index contributed by atoms with van der Waals surface area (Å²) in [7, 11) is 3.16. The highest BCUT2D eigenvalue weighted by Gasteiger charge is 2.14. The maximum atomic E-state index is 12.5. The van der Waals surface area contributed by atoms with Crippen LogP contribution in [0, 0.1) is 13.8 Å². The van der Waals surface area contributed by atoms with Crippen LogP contribution in [0.5, 0.6) is 5.75 Å². The summed E-state index contributed by atoms with van der Waals surface area (Å²) in [6.07, 6.45) is 0. The first-order valence-electron chi connectivity index (χ1n) is 7.06. The van der Waals surface area contributed by atoms with Gasteiger partial charge in [-0.05, 0) is 32.0 Å². The SMILES string of the molecule is COCCn1c(C)c(C)s/c1=N\C(=O)c1cc(Cl)ccc1OC. The average molecular weight is 355 g/mol. The number of thiazole rings is 1. The van der Waals surface area contributed by atoms with Gasteiger partial charge in [-0.2, -0.15) is 4.99 Å². The highest BCUT2D eigenvalue weighted by Crippen LogP contribution is 2.23. The standard InChI is InChI=1S/C16H19ClN2O3S/c1-10-11(2)23-16(19(10)7-8-21-3)18-15(20)13-9-12(17)5-6-14(13)22-4/h5-6,9H,7-8H2,1-4H3/b18-16-. The van der Waals surface area contributed by atoms with Crippen molar-refractivity contribution in [2.45, 2.75) is 20.4 Å². The van der Waals surface area contributed by atoms with Crippen LogP contribution in [0.15, 0.2) is 23.2 Å². The number of carbonyl (C=O) groups is 1. The Kier molecular flexibility index (Phi) is 5.98. The highest BCUT2D eigenvalue weighted by molar-refractivity contribution is 7.09. The molecule has 0 radical (unpaired) electrons. The van der Waals surface area contributed by atoms with Crippen molar-refractivity contribution in [1.29, 1.82) is 0 Å². The first-order chi connectivity index (χ1) is 11.0. The van der Waals surface area contributed by atoms with Gasteiger partial charge in [0, 0.05) is 29.2 Å². The van der Waals surface area contributed by atoms with Gasteiger partial charge in [0.1, 0.15) is 5.75 Å². The van der Waals surface area contributed by atoms with Gasteiger partial charge in [0.15, 0.2) is 4.80 Å². The van der Waals surface area contributed by atoms with Crippen LogP contribution in [0.4, 0.5) is 0 Å². The zero-order valence-corrected chi connectivity index (χ0v) is 15.1. The Morgan fingerprint density at radius 2 is 2.09 bits per heavy atom. The van der Waals surface area contributed by atoms with E-state index < -0.39 is 0 Å². The molecule has 1 heterocycles. The van der Waals surface area contributed by atoms with E-state index in [0.717, 1.165) is 10.6 Å². The highest BCUT2D eigenvalue weighted by atomic mass is 35.5. The third-order valence-corrected chi connectivity index (χ3v) is 4.83. The average Bonchev–Trinajstić information content (AvgIpc) is 2.79. The number of methoxy groups -OCH3 is 2. The molecule has 2 rings (SSSR count). The lowest BCUT2D eigenvalue weighted by atomic mass is 10.2. The Labute approximate surface area is 144 Å². The van der Waals surface area contributed by atoms with E-state index in [9.17, 15) is 4.79 Å². The maximum Gasteiger partial charge on any atom is 0.283 e. The predicted octanol–water partition coefficient (Wildman–Crippen LogP) is 3.22. The van der Waals surface area contributed by atoms with Gasteiger partial charge in [0.25, 0.3) is 5.91 Å². The zero-order chi connectivity index (χ0) is 17.0. The van der Waals surface area contributed by atoms with Crippen LogP contribution in [-0.4, -0.2) is 31.3 Å². The van der Waals surface area contributed by atoms with Gasteiger partial charge < -0.3 is 14.0 Å². The fraction of sp³-hybridized carbons (Fsp3) is 0.375. The van der Waals surface area contributed by atoms with Crippen molar-refractivity contribution >= 4 is 28.8 Å². The summed E-state index contributed by atoms with van der Waals surface area (Å²) in [5.41, 5.74) is 1.43. The number of ether oxygens (including phenoxy) is 2. The van der Waals surface area contributed by atoms with Crippen LogP contribution in [0.1, 0.15) is 20.9 Å². The molecule has 1 aromatic heterocycles. The van der Waals surface area contributed by atoms with E-state index in [4.69, 9.17) is 21.1 Å². The lowest BCUT2D eigenvalue weighted by Gasteiger charge is -2.06. The summed E-state index contributed by atoms with van der Waals surface area (Å²) in [5, 5.41) is 0.468. The molecule has 7 heteroatoms. The number of halogens is 1. The summed E-state index contributed by atoms with van der Waals surface area (Å²) in [4.78, 5) is 18.6. The lowest BCUT2D eigenvalue weighted by molar-refractivity contribution is 0.0994. The monoisotopic (exact) mass is 354 g/mol. The molecule has 0 saturated carbocycles. The molecule has 1 aromatic carbocycles. The maximum absolute atomic E-state index is 12.5. The second-order valence-corrected chi connectivity index (χ2v) is 6.55. The van der Waals surface area contributed by atoms with E-state index >= 15 is 0 Å². The smallest absolute Gasteiger partial charge is 0.283 e. The number of benzene rings is 1. The molecule has 0 bridgehead atoms. The van der Waals surface area contributed by atoms with E-state index in [1.807, 2.05) is 18.4 Å². The predicted molar refractivity (Wildman–Crippen MR) is 91.6 cm³/mol. The van der Waals surface area contributed by atoms with Gasteiger partial charge in [-0.15, -0.1) is 11.3 Å². The first-order valence-corrected chi connectivity index (χ1v) is 8.25. The number of hydrogen-bond acceptors (Lipinski definition) is 4. The third-order valence-electron chi connectivity index (χ3n) is 3.50. The Bertz CT molecular complexity index is 780. The molecule has 5 nitrogen and oxygen atoms in total. The Hall–Kier alpha value is -1.63. The van der Waals surface area contributed by atoms with Crippen molar-refractivity contribution in [1.82, 2.24) is 4.57 Å². The summed E-state index contributed by atoms with van der Waals surface area (Å²) in [6.45, 7) is 5.21. The first kappa shape index (κ1) is 17.7. The Balaban J connectivity index is 2.48.